The van der Waals surface area contributed by atoms with Crippen molar-refractivity contribution in [1.29, 1.82) is 0 Å². The Kier molecular flexibility index (Phi) is 6.01. The average molecular weight is 653 g/mol. The van der Waals surface area contributed by atoms with Crippen LogP contribution in [-0.2, 0) is 0 Å². The van der Waals surface area contributed by atoms with Crippen molar-refractivity contribution in [2.24, 2.45) is 0 Å². The predicted molar refractivity (Wildman–Crippen MR) is 211 cm³/mol. The van der Waals surface area contributed by atoms with Gasteiger partial charge >= 0.3 is 0 Å². The van der Waals surface area contributed by atoms with E-state index >= 15 is 0 Å². The maximum atomic E-state index is 6.06. The van der Waals surface area contributed by atoms with Gasteiger partial charge in [0.1, 0.15) is 11.2 Å². The first-order valence-electron chi connectivity index (χ1n) is 17.4. The summed E-state index contributed by atoms with van der Waals surface area (Å²) >= 11 is 0. The zero-order valence-electron chi connectivity index (χ0n) is 27.5. The monoisotopic (exact) mass is 652 g/mol. The van der Waals surface area contributed by atoms with Crippen molar-refractivity contribution in [1.82, 2.24) is 0 Å². The van der Waals surface area contributed by atoms with Crippen LogP contribution in [0.5, 0.6) is 0 Å². The lowest BCUT2D eigenvalue weighted by molar-refractivity contribution is 0.615. The first kappa shape index (κ1) is 28.2. The van der Waals surface area contributed by atoms with E-state index in [0.29, 0.717) is 0 Å². The fourth-order valence-corrected chi connectivity index (χ4v) is 8.56. The molecule has 0 aliphatic carbocycles. The lowest BCUT2D eigenvalue weighted by Gasteiger charge is -2.44. The van der Waals surface area contributed by atoms with E-state index in [1.54, 1.807) is 12.5 Å². The van der Waals surface area contributed by atoms with E-state index in [-0.39, 0.29) is 6.71 Å². The Balaban J connectivity index is 1.25. The van der Waals surface area contributed by atoms with E-state index in [4.69, 9.17) is 8.83 Å². The minimum Gasteiger partial charge on any atom is -0.464 e. The number of fused-ring (bicyclic) bond motifs is 6. The van der Waals surface area contributed by atoms with Crippen molar-refractivity contribution in [3.8, 4) is 22.3 Å². The Morgan fingerprint density at radius 2 is 0.804 bits per heavy atom. The maximum Gasteiger partial charge on any atom is 0.252 e. The summed E-state index contributed by atoms with van der Waals surface area (Å²) in [5, 5.41) is 2.15. The molecule has 51 heavy (non-hydrogen) atoms. The fourth-order valence-electron chi connectivity index (χ4n) is 8.56. The minimum atomic E-state index is 0.0311. The molecule has 0 atom stereocenters. The number of benzene rings is 7. The van der Waals surface area contributed by atoms with Crippen molar-refractivity contribution in [3.05, 3.63) is 176 Å². The van der Waals surface area contributed by atoms with Gasteiger partial charge in [0.15, 0.2) is 0 Å². The molecule has 7 aromatic carbocycles. The molecular formula is C46H29BN2O2. The van der Waals surface area contributed by atoms with Gasteiger partial charge in [0.05, 0.1) is 23.9 Å². The molecule has 0 radical (unpaired) electrons. The summed E-state index contributed by atoms with van der Waals surface area (Å²) < 4.78 is 12.1. The van der Waals surface area contributed by atoms with Crippen molar-refractivity contribution in [2.45, 2.75) is 0 Å². The Morgan fingerprint density at radius 3 is 1.29 bits per heavy atom. The van der Waals surface area contributed by atoms with Gasteiger partial charge in [0.25, 0.3) is 6.71 Å². The second-order valence-corrected chi connectivity index (χ2v) is 13.3. The molecule has 2 aliphatic rings. The van der Waals surface area contributed by atoms with Crippen molar-refractivity contribution >= 4 is 79.2 Å². The van der Waals surface area contributed by atoms with Crippen molar-refractivity contribution in [3.63, 3.8) is 0 Å². The van der Waals surface area contributed by atoms with Gasteiger partial charge in [-0.25, -0.2) is 0 Å². The molecule has 2 aliphatic heterocycles. The third-order valence-electron chi connectivity index (χ3n) is 10.6. The molecule has 0 amide bonds. The van der Waals surface area contributed by atoms with E-state index in [1.165, 1.54) is 27.8 Å². The first-order valence-corrected chi connectivity index (χ1v) is 17.4. The molecule has 4 nitrogen and oxygen atoms in total. The van der Waals surface area contributed by atoms with Gasteiger partial charge in [-0.3, -0.25) is 0 Å². The number of rotatable bonds is 4. The Labute approximate surface area is 295 Å². The molecule has 0 bridgehead atoms. The molecule has 0 saturated heterocycles. The highest BCUT2D eigenvalue weighted by Gasteiger charge is 2.44. The second-order valence-electron chi connectivity index (χ2n) is 13.3. The summed E-state index contributed by atoms with van der Waals surface area (Å²) in [6, 6.07) is 58.8. The highest BCUT2D eigenvalue weighted by molar-refractivity contribution is 7.00. The van der Waals surface area contributed by atoms with Crippen LogP contribution in [-0.4, -0.2) is 6.71 Å². The minimum absolute atomic E-state index is 0.0311. The second kappa shape index (κ2) is 10.9. The van der Waals surface area contributed by atoms with E-state index in [0.717, 1.165) is 66.9 Å². The summed E-state index contributed by atoms with van der Waals surface area (Å²) in [4.78, 5) is 4.96. The number of furan rings is 2. The predicted octanol–water partition coefficient (Wildman–Crippen LogP) is 10.6. The number of nitrogens with zero attached hydrogens (tertiary/aromatic N) is 2. The Bertz CT molecular complexity index is 2600. The van der Waals surface area contributed by atoms with Gasteiger partial charge in [-0.1, -0.05) is 103 Å². The SMILES string of the molecule is c1ccc(-c2ccc3occc3c2N2c3ccccc3B3c4ccccc4N(c4c(-c5ccccc5)ccc5occc45)c4cccc2c43)cc1. The van der Waals surface area contributed by atoms with E-state index in [2.05, 4.69) is 174 Å². The number of hydrogen-bond donors (Lipinski definition) is 0. The Hall–Kier alpha value is -6.72. The third kappa shape index (κ3) is 4.03. The highest BCUT2D eigenvalue weighted by atomic mass is 16.3. The molecule has 11 rings (SSSR count). The molecule has 0 unspecified atom stereocenters. The number of hydrogen-bond acceptors (Lipinski definition) is 4. The van der Waals surface area contributed by atoms with Gasteiger partial charge < -0.3 is 18.6 Å². The van der Waals surface area contributed by atoms with E-state index in [1.807, 2.05) is 0 Å². The summed E-state index contributed by atoms with van der Waals surface area (Å²) in [5.41, 5.74) is 17.0. The van der Waals surface area contributed by atoms with Gasteiger partial charge in [0, 0.05) is 44.6 Å². The van der Waals surface area contributed by atoms with Crippen LogP contribution >= 0.6 is 0 Å². The molecule has 0 fully saturated rings. The standard InChI is InChI=1S/C46H29BN2O2/c1-3-12-30(13-4-1)32-22-24-42-34(26-28-50-42)45(32)48-38-18-9-7-16-36(38)47-37-17-8-10-19-39(37)49(41-21-11-20-40(48)44(41)47)46-33(31-14-5-2-6-15-31)23-25-43-35(46)27-29-51-43/h1-29H. The lowest BCUT2D eigenvalue weighted by atomic mass is 9.33. The molecule has 9 aromatic rings. The van der Waals surface area contributed by atoms with Crippen LogP contribution in [0.2, 0.25) is 0 Å². The van der Waals surface area contributed by atoms with Gasteiger partial charge in [-0.05, 0) is 88.2 Å². The smallest absolute Gasteiger partial charge is 0.252 e. The van der Waals surface area contributed by atoms with E-state index < -0.39 is 0 Å². The van der Waals surface area contributed by atoms with Crippen LogP contribution in [0.4, 0.5) is 34.1 Å². The number of para-hydroxylation sites is 2. The number of anilines is 6. The topological polar surface area (TPSA) is 32.8 Å². The van der Waals surface area contributed by atoms with Crippen LogP contribution in [0.1, 0.15) is 0 Å². The van der Waals surface area contributed by atoms with Gasteiger partial charge in [0.2, 0.25) is 0 Å². The van der Waals surface area contributed by atoms with Crippen molar-refractivity contribution < 1.29 is 8.83 Å². The summed E-state index contributed by atoms with van der Waals surface area (Å²) in [5.74, 6) is 0. The normalized spacial score (nSPS) is 13.0. The zero-order valence-corrected chi connectivity index (χ0v) is 27.5. The third-order valence-corrected chi connectivity index (χ3v) is 10.6. The van der Waals surface area contributed by atoms with Gasteiger partial charge in [-0.15, -0.1) is 0 Å². The molecule has 0 N–H and O–H groups in total. The largest absolute Gasteiger partial charge is 0.464 e. The van der Waals surface area contributed by atoms with Crippen LogP contribution in [0.3, 0.4) is 0 Å². The first-order chi connectivity index (χ1) is 25.3. The van der Waals surface area contributed by atoms with Crippen LogP contribution in [0.25, 0.3) is 44.2 Å². The molecule has 0 spiro atoms. The molecule has 238 valence electrons. The van der Waals surface area contributed by atoms with Gasteiger partial charge in [-0.2, -0.15) is 0 Å². The molecule has 2 aromatic heterocycles. The summed E-state index contributed by atoms with van der Waals surface area (Å²) in [6.45, 7) is 0.0311. The van der Waals surface area contributed by atoms with Crippen LogP contribution in [0.15, 0.2) is 185 Å². The molecule has 5 heteroatoms. The van der Waals surface area contributed by atoms with Crippen LogP contribution < -0.4 is 26.2 Å². The highest BCUT2D eigenvalue weighted by Crippen LogP contribution is 2.51. The lowest BCUT2D eigenvalue weighted by Crippen LogP contribution is -2.61. The molecule has 0 saturated carbocycles. The summed E-state index contributed by atoms with van der Waals surface area (Å²) in [7, 11) is 0. The van der Waals surface area contributed by atoms with Crippen LogP contribution in [0, 0.1) is 0 Å². The quantitative estimate of drug-likeness (QED) is 0.177. The Morgan fingerprint density at radius 1 is 0.373 bits per heavy atom. The fraction of sp³-hybridized carbons (Fsp3) is 0. The molecular weight excluding hydrogens is 623 g/mol. The zero-order chi connectivity index (χ0) is 33.5. The molecule has 4 heterocycles. The van der Waals surface area contributed by atoms with Crippen molar-refractivity contribution in [2.75, 3.05) is 9.80 Å². The average Bonchev–Trinajstić information content (AvgIpc) is 3.89. The van der Waals surface area contributed by atoms with E-state index in [9.17, 15) is 0 Å². The maximum absolute atomic E-state index is 6.06. The summed E-state index contributed by atoms with van der Waals surface area (Å²) in [6.07, 6.45) is 3.60.